The molecule has 2 heteroatoms. The Morgan fingerprint density at radius 3 is 2.44 bits per heavy atom. The van der Waals surface area contributed by atoms with Gasteiger partial charge in [-0.25, -0.2) is 0 Å². The fraction of sp³-hybridized carbons (Fsp3) is 0.571. The molecule has 1 rings (SSSR count). The highest BCUT2D eigenvalue weighted by atomic mass is 35.5. The van der Waals surface area contributed by atoms with Crippen LogP contribution < -0.4 is 0 Å². The zero-order valence-electron chi connectivity index (χ0n) is 10.3. The lowest BCUT2D eigenvalue weighted by Crippen LogP contribution is -2.24. The summed E-state index contributed by atoms with van der Waals surface area (Å²) in [4.78, 5) is 0. The second-order valence-electron chi connectivity index (χ2n) is 4.67. The molecule has 0 aromatic heterocycles. The molecule has 90 valence electrons. The van der Waals surface area contributed by atoms with Crippen molar-refractivity contribution < 1.29 is 5.11 Å². The highest BCUT2D eigenvalue weighted by Gasteiger charge is 2.26. The number of benzene rings is 1. The van der Waals surface area contributed by atoms with Crippen molar-refractivity contribution in [3.63, 3.8) is 0 Å². The van der Waals surface area contributed by atoms with Crippen LogP contribution >= 0.6 is 11.6 Å². The molecule has 0 amide bonds. The Hall–Kier alpha value is -0.530. The average molecular weight is 241 g/mol. The summed E-state index contributed by atoms with van der Waals surface area (Å²) in [7, 11) is 0. The van der Waals surface area contributed by atoms with E-state index in [2.05, 4.69) is 13.8 Å². The topological polar surface area (TPSA) is 20.2 Å². The summed E-state index contributed by atoms with van der Waals surface area (Å²) in [6, 6.07) is 7.51. The van der Waals surface area contributed by atoms with E-state index >= 15 is 0 Å². The molecule has 1 N–H and O–H groups in total. The molecule has 0 saturated heterocycles. The van der Waals surface area contributed by atoms with Gasteiger partial charge >= 0.3 is 0 Å². The first kappa shape index (κ1) is 13.5. The maximum absolute atomic E-state index is 10.5. The van der Waals surface area contributed by atoms with Crippen LogP contribution in [0.3, 0.4) is 0 Å². The third-order valence-corrected chi connectivity index (χ3v) is 3.52. The van der Waals surface area contributed by atoms with Crippen LogP contribution in [0.15, 0.2) is 24.3 Å². The first-order valence-electron chi connectivity index (χ1n) is 5.98. The second kappa shape index (κ2) is 5.70. The lowest BCUT2D eigenvalue weighted by Gasteiger charge is -2.28. The Kier molecular flexibility index (Phi) is 4.82. The number of halogens is 1. The quantitative estimate of drug-likeness (QED) is 0.810. The van der Waals surface area contributed by atoms with Gasteiger partial charge in [-0.3, -0.25) is 0 Å². The van der Waals surface area contributed by atoms with Gasteiger partial charge in [0.15, 0.2) is 0 Å². The molecule has 0 spiro atoms. The van der Waals surface area contributed by atoms with E-state index in [1.165, 1.54) is 0 Å². The normalized spacial score (nSPS) is 15.1. The molecule has 0 bridgehead atoms. The monoisotopic (exact) mass is 240 g/mol. The molecule has 1 nitrogen and oxygen atoms in total. The van der Waals surface area contributed by atoms with Gasteiger partial charge in [-0.2, -0.15) is 0 Å². The van der Waals surface area contributed by atoms with E-state index in [9.17, 15) is 5.11 Å². The second-order valence-corrected chi connectivity index (χ2v) is 5.11. The van der Waals surface area contributed by atoms with Crippen molar-refractivity contribution in [2.24, 2.45) is 5.92 Å². The fourth-order valence-electron chi connectivity index (χ4n) is 2.08. The largest absolute Gasteiger partial charge is 0.385 e. The van der Waals surface area contributed by atoms with Gasteiger partial charge in [0.05, 0.1) is 5.60 Å². The van der Waals surface area contributed by atoms with Gasteiger partial charge in [-0.1, -0.05) is 50.4 Å². The highest BCUT2D eigenvalue weighted by molar-refractivity contribution is 6.30. The van der Waals surface area contributed by atoms with E-state index in [1.54, 1.807) is 0 Å². The Bertz CT molecular complexity index is 329. The molecule has 0 aliphatic rings. The molecule has 0 aliphatic heterocycles. The molecule has 1 aromatic rings. The van der Waals surface area contributed by atoms with Crippen molar-refractivity contribution >= 4 is 11.6 Å². The zero-order chi connectivity index (χ0) is 12.2. The lowest BCUT2D eigenvalue weighted by molar-refractivity contribution is 0.0286. The summed E-state index contributed by atoms with van der Waals surface area (Å²) in [5, 5.41) is 11.2. The van der Waals surface area contributed by atoms with Gasteiger partial charge in [0.2, 0.25) is 0 Å². The van der Waals surface area contributed by atoms with Gasteiger partial charge in [-0.15, -0.1) is 0 Å². The van der Waals surface area contributed by atoms with E-state index < -0.39 is 5.60 Å². The maximum Gasteiger partial charge on any atom is 0.0871 e. The van der Waals surface area contributed by atoms with E-state index in [0.717, 1.165) is 24.8 Å². The molecular weight excluding hydrogens is 220 g/mol. The summed E-state index contributed by atoms with van der Waals surface area (Å²) in [6.07, 6.45) is 3.00. The molecule has 0 heterocycles. The first-order valence-corrected chi connectivity index (χ1v) is 6.35. The number of hydrogen-bond donors (Lipinski definition) is 1. The molecule has 1 atom stereocenters. The van der Waals surface area contributed by atoms with Crippen LogP contribution in [0.4, 0.5) is 0 Å². The molecule has 1 unspecified atom stereocenters. The predicted molar refractivity (Wildman–Crippen MR) is 69.7 cm³/mol. The minimum absolute atomic E-state index is 0.564. The molecule has 16 heavy (non-hydrogen) atoms. The van der Waals surface area contributed by atoms with Gasteiger partial charge in [-0.05, 0) is 37.0 Å². The van der Waals surface area contributed by atoms with Crippen LogP contribution in [-0.4, -0.2) is 5.11 Å². The molecular formula is C14H21ClO. The van der Waals surface area contributed by atoms with Crippen molar-refractivity contribution in [3.8, 4) is 0 Å². The van der Waals surface area contributed by atoms with Crippen LogP contribution in [0.2, 0.25) is 5.02 Å². The van der Waals surface area contributed by atoms with E-state index in [0.29, 0.717) is 10.9 Å². The van der Waals surface area contributed by atoms with Crippen LogP contribution in [0.25, 0.3) is 0 Å². The third kappa shape index (κ3) is 3.50. The minimum atomic E-state index is -0.776. The molecule has 0 fully saturated rings. The number of rotatable bonds is 5. The third-order valence-electron chi connectivity index (χ3n) is 3.29. The predicted octanol–water partition coefficient (Wildman–Crippen LogP) is 4.37. The summed E-state index contributed by atoms with van der Waals surface area (Å²) in [5.74, 6) is 0.564. The smallest absolute Gasteiger partial charge is 0.0871 e. The number of hydrogen-bond acceptors (Lipinski definition) is 1. The van der Waals surface area contributed by atoms with E-state index in [4.69, 9.17) is 11.6 Å². The maximum atomic E-state index is 10.5. The van der Waals surface area contributed by atoms with Crippen LogP contribution in [0, 0.1) is 5.92 Å². The van der Waals surface area contributed by atoms with Crippen molar-refractivity contribution in [1.29, 1.82) is 0 Å². The van der Waals surface area contributed by atoms with Gasteiger partial charge in [0, 0.05) is 5.02 Å². The summed E-state index contributed by atoms with van der Waals surface area (Å²) < 4.78 is 0. The van der Waals surface area contributed by atoms with E-state index in [1.807, 2.05) is 31.2 Å². The van der Waals surface area contributed by atoms with Gasteiger partial charge < -0.3 is 5.11 Å². The van der Waals surface area contributed by atoms with Crippen LogP contribution in [0.5, 0.6) is 0 Å². The molecule has 0 aliphatic carbocycles. The Balaban J connectivity index is 2.84. The van der Waals surface area contributed by atoms with Gasteiger partial charge in [0.25, 0.3) is 0 Å². The lowest BCUT2D eigenvalue weighted by atomic mass is 9.84. The van der Waals surface area contributed by atoms with Crippen molar-refractivity contribution in [2.45, 2.75) is 45.6 Å². The highest BCUT2D eigenvalue weighted by Crippen LogP contribution is 2.31. The Labute approximate surface area is 103 Å². The van der Waals surface area contributed by atoms with Gasteiger partial charge in [0.1, 0.15) is 0 Å². The minimum Gasteiger partial charge on any atom is -0.385 e. The summed E-state index contributed by atoms with van der Waals surface area (Å²) in [5.41, 5.74) is 0.133. The van der Waals surface area contributed by atoms with Crippen molar-refractivity contribution in [3.05, 3.63) is 34.9 Å². The first-order chi connectivity index (χ1) is 7.49. The SMILES string of the molecule is CCC(CC)CC(C)(O)c1cccc(Cl)c1. The van der Waals surface area contributed by atoms with Crippen molar-refractivity contribution in [2.75, 3.05) is 0 Å². The van der Waals surface area contributed by atoms with Crippen LogP contribution in [0.1, 0.15) is 45.6 Å². The van der Waals surface area contributed by atoms with Crippen molar-refractivity contribution in [1.82, 2.24) is 0 Å². The molecule has 1 aromatic carbocycles. The average Bonchev–Trinajstić information content (AvgIpc) is 2.26. The molecule has 0 saturated carbocycles. The Morgan fingerprint density at radius 1 is 1.31 bits per heavy atom. The van der Waals surface area contributed by atoms with Crippen LogP contribution in [-0.2, 0) is 5.60 Å². The standard InChI is InChI=1S/C14H21ClO/c1-4-11(5-2)10-14(3,16)12-7-6-8-13(15)9-12/h6-9,11,16H,4-5,10H2,1-3H3. The fourth-order valence-corrected chi connectivity index (χ4v) is 2.27. The summed E-state index contributed by atoms with van der Waals surface area (Å²) >= 11 is 5.94. The zero-order valence-corrected chi connectivity index (χ0v) is 11.1. The van der Waals surface area contributed by atoms with E-state index in [-0.39, 0.29) is 0 Å². The summed E-state index contributed by atoms with van der Waals surface area (Å²) in [6.45, 7) is 6.21. The number of aliphatic hydroxyl groups is 1. The molecule has 0 radical (unpaired) electrons. The Morgan fingerprint density at radius 2 is 1.94 bits per heavy atom.